The van der Waals surface area contributed by atoms with E-state index in [1.807, 2.05) is 67.3 Å². The lowest BCUT2D eigenvalue weighted by Gasteiger charge is -2.37. The van der Waals surface area contributed by atoms with E-state index in [4.69, 9.17) is 0 Å². The molecule has 2 aliphatic rings. The fraction of sp³-hybridized carbons (Fsp3) is 0.348. The van der Waals surface area contributed by atoms with E-state index in [1.165, 1.54) is 0 Å². The third kappa shape index (κ3) is 4.80. The Balaban J connectivity index is 1.55. The largest absolute Gasteiger partial charge is 0.354 e. The maximum Gasteiger partial charge on any atom is 0.247 e. The van der Waals surface area contributed by atoms with E-state index in [0.29, 0.717) is 26.1 Å². The van der Waals surface area contributed by atoms with Crippen molar-refractivity contribution >= 4 is 36.7 Å². The first kappa shape index (κ1) is 21.1. The van der Waals surface area contributed by atoms with Gasteiger partial charge >= 0.3 is 0 Å². The zero-order valence-electron chi connectivity index (χ0n) is 17.7. The van der Waals surface area contributed by atoms with Gasteiger partial charge in [-0.1, -0.05) is 47.9 Å². The van der Waals surface area contributed by atoms with E-state index in [1.54, 1.807) is 4.90 Å². The van der Waals surface area contributed by atoms with Crippen LogP contribution in [0.5, 0.6) is 0 Å². The van der Waals surface area contributed by atoms with E-state index in [9.17, 15) is 14.4 Å². The van der Waals surface area contributed by atoms with Crippen molar-refractivity contribution in [1.29, 1.82) is 0 Å². The van der Waals surface area contributed by atoms with Gasteiger partial charge in [0.25, 0.3) is 0 Å². The van der Waals surface area contributed by atoms with Crippen molar-refractivity contribution in [3.05, 3.63) is 60.2 Å². The van der Waals surface area contributed by atoms with Crippen LogP contribution in [0.2, 0.25) is 0 Å². The average molecular weight is 418 g/mol. The molecular formula is C23H27BN4O3. The van der Waals surface area contributed by atoms with Gasteiger partial charge in [-0.25, -0.2) is 0 Å². The van der Waals surface area contributed by atoms with E-state index in [0.717, 1.165) is 23.1 Å². The molecule has 31 heavy (non-hydrogen) atoms. The molecule has 8 heteroatoms. The van der Waals surface area contributed by atoms with Gasteiger partial charge < -0.3 is 15.5 Å². The van der Waals surface area contributed by atoms with Crippen molar-refractivity contribution in [3.63, 3.8) is 0 Å². The number of carbonyl (C=O) groups is 3. The number of piperazine rings is 1. The Kier molecular flexibility index (Phi) is 6.37. The lowest BCUT2D eigenvalue weighted by atomic mass is 9.96. The van der Waals surface area contributed by atoms with Crippen LogP contribution in [0.15, 0.2) is 54.6 Å². The highest BCUT2D eigenvalue weighted by Crippen LogP contribution is 2.28. The van der Waals surface area contributed by atoms with Crippen molar-refractivity contribution in [2.75, 3.05) is 31.5 Å². The molecule has 2 N–H and O–H groups in total. The number of nitrogens with zero attached hydrogens (tertiary/aromatic N) is 2. The standard InChI is InChI=1S/C23H27BN4O3/c24-17-8-10-18(11-9-17)26-22(30)19-7-4-13-28(19)23(31)21(16-5-2-1-3-6-16)27-14-12-25-20(29)15-27/h1-3,5-6,8-11,19,21H,4,7,12-15,24H2,(H,25,29)(H,26,30)/t19-,21?/m0/s1. The van der Waals surface area contributed by atoms with Gasteiger partial charge in [0.15, 0.2) is 0 Å². The molecule has 160 valence electrons. The molecule has 2 atom stereocenters. The molecule has 1 unspecified atom stereocenters. The summed E-state index contributed by atoms with van der Waals surface area (Å²) in [5.74, 6) is -0.379. The fourth-order valence-electron chi connectivity index (χ4n) is 4.35. The summed E-state index contributed by atoms with van der Waals surface area (Å²) in [7, 11) is 1.99. The second kappa shape index (κ2) is 9.35. The Hall–Kier alpha value is -3.13. The topological polar surface area (TPSA) is 81.8 Å². The third-order valence-corrected chi connectivity index (χ3v) is 5.94. The maximum atomic E-state index is 13.7. The minimum Gasteiger partial charge on any atom is -0.354 e. The molecule has 0 spiro atoms. The lowest BCUT2D eigenvalue weighted by Crippen LogP contribution is -2.54. The summed E-state index contributed by atoms with van der Waals surface area (Å²) in [5.41, 5.74) is 2.68. The van der Waals surface area contributed by atoms with E-state index in [-0.39, 0.29) is 24.3 Å². The summed E-state index contributed by atoms with van der Waals surface area (Å²) in [5, 5.41) is 5.77. The number of anilines is 1. The molecule has 4 rings (SSSR count). The normalized spacial score (nSPS) is 20.2. The molecule has 2 saturated heterocycles. The van der Waals surface area contributed by atoms with Crippen molar-refractivity contribution in [2.45, 2.75) is 24.9 Å². The van der Waals surface area contributed by atoms with Crippen LogP contribution >= 0.6 is 0 Å². The van der Waals surface area contributed by atoms with Crippen LogP contribution in [0.4, 0.5) is 5.69 Å². The van der Waals surface area contributed by atoms with Crippen LogP contribution in [0, 0.1) is 0 Å². The van der Waals surface area contributed by atoms with E-state index >= 15 is 0 Å². The number of nitrogens with one attached hydrogen (secondary N) is 2. The summed E-state index contributed by atoms with van der Waals surface area (Å²) < 4.78 is 0. The van der Waals surface area contributed by atoms with Gasteiger partial charge in [-0.2, -0.15) is 0 Å². The molecule has 0 bridgehead atoms. The summed E-state index contributed by atoms with van der Waals surface area (Å²) in [6, 6.07) is 16.0. The molecule has 2 fully saturated rings. The van der Waals surface area contributed by atoms with Crippen LogP contribution in [-0.2, 0) is 14.4 Å². The Labute approximate surface area is 183 Å². The monoisotopic (exact) mass is 418 g/mol. The molecule has 3 amide bonds. The molecule has 7 nitrogen and oxygen atoms in total. The molecule has 2 heterocycles. The third-order valence-electron chi connectivity index (χ3n) is 5.94. The SMILES string of the molecule is Bc1ccc(NC(=O)[C@@H]2CCCN2C(=O)C(c2ccccc2)N2CCNC(=O)C2)cc1. The van der Waals surface area contributed by atoms with Crippen molar-refractivity contribution < 1.29 is 14.4 Å². The highest BCUT2D eigenvalue weighted by molar-refractivity contribution is 6.32. The number of benzene rings is 2. The Bertz CT molecular complexity index is 951. The molecule has 0 saturated carbocycles. The first-order valence-electron chi connectivity index (χ1n) is 10.8. The minimum absolute atomic E-state index is 0.0879. The number of hydrogen-bond donors (Lipinski definition) is 2. The van der Waals surface area contributed by atoms with Crippen molar-refractivity contribution in [3.8, 4) is 0 Å². The van der Waals surface area contributed by atoms with Gasteiger partial charge in [-0.05, 0) is 30.5 Å². The van der Waals surface area contributed by atoms with E-state index in [2.05, 4.69) is 10.6 Å². The van der Waals surface area contributed by atoms with Gasteiger partial charge in [-0.15, -0.1) is 0 Å². The number of likely N-dealkylation sites (tertiary alicyclic amines) is 1. The van der Waals surface area contributed by atoms with Crippen molar-refractivity contribution in [1.82, 2.24) is 15.1 Å². The second-order valence-corrected chi connectivity index (χ2v) is 8.18. The Morgan fingerprint density at radius 3 is 2.52 bits per heavy atom. The Morgan fingerprint density at radius 1 is 1.06 bits per heavy atom. The van der Waals surface area contributed by atoms with Gasteiger partial charge in [-0.3, -0.25) is 19.3 Å². The van der Waals surface area contributed by atoms with Crippen molar-refractivity contribution in [2.24, 2.45) is 0 Å². The zero-order chi connectivity index (χ0) is 21.8. The van der Waals surface area contributed by atoms with Crippen LogP contribution in [0.3, 0.4) is 0 Å². The summed E-state index contributed by atoms with van der Waals surface area (Å²) in [4.78, 5) is 42.4. The number of hydrogen-bond acceptors (Lipinski definition) is 4. The number of carbonyl (C=O) groups excluding carboxylic acids is 3. The van der Waals surface area contributed by atoms with Crippen LogP contribution < -0.4 is 16.1 Å². The molecular weight excluding hydrogens is 391 g/mol. The first-order valence-corrected chi connectivity index (χ1v) is 10.8. The predicted octanol–water partition coefficient (Wildman–Crippen LogP) is 0.0476. The second-order valence-electron chi connectivity index (χ2n) is 8.18. The lowest BCUT2D eigenvalue weighted by molar-refractivity contribution is -0.143. The molecule has 0 aliphatic carbocycles. The minimum atomic E-state index is -0.583. The molecule has 2 aliphatic heterocycles. The first-order chi connectivity index (χ1) is 15.0. The smallest absolute Gasteiger partial charge is 0.247 e. The number of rotatable bonds is 5. The van der Waals surface area contributed by atoms with Gasteiger partial charge in [0, 0.05) is 25.3 Å². The molecule has 0 radical (unpaired) electrons. The summed E-state index contributed by atoms with van der Waals surface area (Å²) in [6.45, 7) is 1.80. The summed E-state index contributed by atoms with van der Waals surface area (Å²) >= 11 is 0. The highest BCUT2D eigenvalue weighted by atomic mass is 16.2. The van der Waals surface area contributed by atoms with Crippen LogP contribution in [-0.4, -0.2) is 67.6 Å². The number of amides is 3. The summed E-state index contributed by atoms with van der Waals surface area (Å²) in [6.07, 6.45) is 1.41. The average Bonchev–Trinajstić information content (AvgIpc) is 3.27. The quantitative estimate of drug-likeness (QED) is 0.673. The zero-order valence-corrected chi connectivity index (χ0v) is 17.7. The van der Waals surface area contributed by atoms with Gasteiger partial charge in [0.1, 0.15) is 19.9 Å². The van der Waals surface area contributed by atoms with Gasteiger partial charge in [0.2, 0.25) is 17.7 Å². The Morgan fingerprint density at radius 2 is 1.81 bits per heavy atom. The maximum absolute atomic E-state index is 13.7. The highest BCUT2D eigenvalue weighted by Gasteiger charge is 2.40. The van der Waals surface area contributed by atoms with Crippen LogP contribution in [0.1, 0.15) is 24.4 Å². The molecule has 0 aromatic heterocycles. The van der Waals surface area contributed by atoms with Crippen LogP contribution in [0.25, 0.3) is 0 Å². The molecule has 2 aromatic rings. The van der Waals surface area contributed by atoms with E-state index < -0.39 is 12.1 Å². The van der Waals surface area contributed by atoms with Gasteiger partial charge in [0.05, 0.1) is 6.54 Å². The molecule has 2 aromatic carbocycles. The fourth-order valence-corrected chi connectivity index (χ4v) is 4.35. The predicted molar refractivity (Wildman–Crippen MR) is 122 cm³/mol.